The van der Waals surface area contributed by atoms with E-state index in [1.165, 1.54) is 6.92 Å². The van der Waals surface area contributed by atoms with E-state index in [2.05, 4.69) is 28.7 Å². The number of ketones is 1. The van der Waals surface area contributed by atoms with E-state index in [0.29, 0.717) is 23.2 Å². The highest BCUT2D eigenvalue weighted by atomic mass is 16.3. The van der Waals surface area contributed by atoms with E-state index in [4.69, 9.17) is 0 Å². The monoisotopic (exact) mass is 331 g/mol. The van der Waals surface area contributed by atoms with Gasteiger partial charge in [0.15, 0.2) is 5.78 Å². The summed E-state index contributed by atoms with van der Waals surface area (Å²) >= 11 is 0. The lowest BCUT2D eigenvalue weighted by molar-refractivity contribution is -0.114. The summed E-state index contributed by atoms with van der Waals surface area (Å²) < 4.78 is 0. The normalized spacial score (nSPS) is 15.9. The minimum absolute atomic E-state index is 0.0692. The Balaban J connectivity index is 2.19. The third-order valence-electron chi connectivity index (χ3n) is 4.21. The molecule has 1 aliphatic rings. The van der Waals surface area contributed by atoms with Crippen LogP contribution in [-0.2, 0) is 11.2 Å². The van der Waals surface area contributed by atoms with Gasteiger partial charge in [-0.2, -0.15) is 0 Å². The molecule has 0 unspecified atom stereocenters. The van der Waals surface area contributed by atoms with E-state index in [1.54, 1.807) is 18.2 Å². The van der Waals surface area contributed by atoms with Crippen molar-refractivity contribution >= 4 is 17.4 Å². The second-order valence-corrected chi connectivity index (χ2v) is 6.16. The van der Waals surface area contributed by atoms with E-state index in [1.807, 2.05) is 0 Å². The number of nitrogens with zero attached hydrogens (tertiary/aromatic N) is 2. The van der Waals surface area contributed by atoms with E-state index in [-0.39, 0.29) is 24.0 Å². The number of hydrogen-bond donors (Lipinski definition) is 2. The molecular formula is C18H25N3O3. The van der Waals surface area contributed by atoms with Gasteiger partial charge < -0.3 is 15.3 Å². The van der Waals surface area contributed by atoms with Gasteiger partial charge in [0, 0.05) is 44.4 Å². The predicted molar refractivity (Wildman–Crippen MR) is 94.6 cm³/mol. The molecule has 0 bridgehead atoms. The molecule has 0 aromatic heterocycles. The summed E-state index contributed by atoms with van der Waals surface area (Å²) in [6.45, 7) is 8.91. The molecule has 130 valence electrons. The predicted octanol–water partition coefficient (Wildman–Crippen LogP) is 1.51. The van der Waals surface area contributed by atoms with Crippen LogP contribution in [0.3, 0.4) is 0 Å². The summed E-state index contributed by atoms with van der Waals surface area (Å²) in [7, 11) is 2.06. The average molecular weight is 331 g/mol. The van der Waals surface area contributed by atoms with E-state index in [9.17, 15) is 14.7 Å². The van der Waals surface area contributed by atoms with E-state index in [0.717, 1.165) is 26.2 Å². The number of phenolic OH excluding ortho intramolecular Hbond substituents is 1. The Bertz CT molecular complexity index is 635. The fourth-order valence-electron chi connectivity index (χ4n) is 2.81. The SMILES string of the molecule is C=CCc1c(NC(C)=O)ccc(C(=O)CN2CCN(C)CC2)c1O. The third kappa shape index (κ3) is 4.43. The van der Waals surface area contributed by atoms with Gasteiger partial charge >= 0.3 is 0 Å². The molecule has 2 rings (SSSR count). The van der Waals surface area contributed by atoms with Gasteiger partial charge in [-0.3, -0.25) is 14.5 Å². The van der Waals surface area contributed by atoms with Gasteiger partial charge in [-0.1, -0.05) is 6.08 Å². The largest absolute Gasteiger partial charge is 0.507 e. The molecule has 0 saturated carbocycles. The van der Waals surface area contributed by atoms with Gasteiger partial charge in [0.25, 0.3) is 0 Å². The van der Waals surface area contributed by atoms with Crippen LogP contribution >= 0.6 is 0 Å². The van der Waals surface area contributed by atoms with Crippen LogP contribution in [0.2, 0.25) is 0 Å². The van der Waals surface area contributed by atoms with Crippen LogP contribution in [0.15, 0.2) is 24.8 Å². The number of piperazine rings is 1. The Hall–Kier alpha value is -2.18. The minimum Gasteiger partial charge on any atom is -0.507 e. The first-order valence-corrected chi connectivity index (χ1v) is 8.09. The van der Waals surface area contributed by atoms with Crippen molar-refractivity contribution in [2.45, 2.75) is 13.3 Å². The van der Waals surface area contributed by atoms with Crippen molar-refractivity contribution in [3.05, 3.63) is 35.9 Å². The van der Waals surface area contributed by atoms with Crippen molar-refractivity contribution in [2.24, 2.45) is 0 Å². The Morgan fingerprint density at radius 3 is 2.54 bits per heavy atom. The standard InChI is InChI=1S/C18H25N3O3/c1-4-5-14-16(19-13(2)22)7-6-15(18(14)24)17(23)12-21-10-8-20(3)9-11-21/h4,6-7,24H,1,5,8-12H2,2-3H3,(H,19,22). The lowest BCUT2D eigenvalue weighted by Gasteiger charge is -2.31. The number of allylic oxidation sites excluding steroid dienone is 1. The second kappa shape index (κ2) is 8.08. The van der Waals surface area contributed by atoms with Gasteiger partial charge in [-0.25, -0.2) is 0 Å². The molecule has 1 fully saturated rings. The molecule has 1 aliphatic heterocycles. The lowest BCUT2D eigenvalue weighted by Crippen LogP contribution is -2.46. The number of carbonyl (C=O) groups excluding carboxylic acids is 2. The van der Waals surface area contributed by atoms with Crippen LogP contribution in [0.4, 0.5) is 5.69 Å². The maximum Gasteiger partial charge on any atom is 0.221 e. The molecular weight excluding hydrogens is 306 g/mol. The van der Waals surface area contributed by atoms with Crippen molar-refractivity contribution in [3.8, 4) is 5.75 Å². The van der Waals surface area contributed by atoms with Crippen LogP contribution in [0.1, 0.15) is 22.8 Å². The number of rotatable bonds is 6. The molecule has 0 aliphatic carbocycles. The van der Waals surface area contributed by atoms with Crippen LogP contribution < -0.4 is 5.32 Å². The number of likely N-dealkylation sites (N-methyl/N-ethyl adjacent to an activating group) is 1. The van der Waals surface area contributed by atoms with Crippen LogP contribution in [0.25, 0.3) is 0 Å². The quantitative estimate of drug-likeness (QED) is 0.611. The van der Waals surface area contributed by atoms with E-state index >= 15 is 0 Å². The van der Waals surface area contributed by atoms with Crippen molar-refractivity contribution in [1.82, 2.24) is 9.80 Å². The zero-order chi connectivity index (χ0) is 17.7. The van der Waals surface area contributed by atoms with Gasteiger partial charge in [-0.05, 0) is 25.6 Å². The first-order chi connectivity index (χ1) is 11.4. The summed E-state index contributed by atoms with van der Waals surface area (Å²) in [6, 6.07) is 3.24. The second-order valence-electron chi connectivity index (χ2n) is 6.16. The van der Waals surface area contributed by atoms with E-state index < -0.39 is 0 Å². The first-order valence-electron chi connectivity index (χ1n) is 8.09. The molecule has 0 radical (unpaired) electrons. The maximum atomic E-state index is 12.6. The maximum absolute atomic E-state index is 12.6. The Labute approximate surface area is 142 Å². The summed E-state index contributed by atoms with van der Waals surface area (Å²) in [5.41, 5.74) is 1.32. The van der Waals surface area contributed by atoms with Gasteiger partial charge in [0.05, 0.1) is 12.1 Å². The third-order valence-corrected chi connectivity index (χ3v) is 4.21. The molecule has 1 aromatic rings. The molecule has 1 heterocycles. The smallest absolute Gasteiger partial charge is 0.221 e. The van der Waals surface area contributed by atoms with Crippen molar-refractivity contribution in [1.29, 1.82) is 0 Å². The zero-order valence-electron chi connectivity index (χ0n) is 14.3. The lowest BCUT2D eigenvalue weighted by atomic mass is 10.00. The highest BCUT2D eigenvalue weighted by Crippen LogP contribution is 2.31. The summed E-state index contributed by atoms with van der Waals surface area (Å²) in [4.78, 5) is 28.2. The fourth-order valence-corrected chi connectivity index (χ4v) is 2.81. The summed E-state index contributed by atoms with van der Waals surface area (Å²) in [5.74, 6) is -0.409. The number of aromatic hydroxyl groups is 1. The molecule has 1 aromatic carbocycles. The number of hydrogen-bond acceptors (Lipinski definition) is 5. The molecule has 1 saturated heterocycles. The molecule has 0 atom stereocenters. The molecule has 0 spiro atoms. The van der Waals surface area contributed by atoms with Gasteiger partial charge in [-0.15, -0.1) is 6.58 Å². The number of Topliss-reactive ketones (excluding diaryl/α,β-unsaturated/α-hetero) is 1. The Morgan fingerprint density at radius 2 is 1.96 bits per heavy atom. The molecule has 6 nitrogen and oxygen atoms in total. The van der Waals surface area contributed by atoms with Crippen molar-refractivity contribution < 1.29 is 14.7 Å². The number of carbonyl (C=O) groups is 2. The van der Waals surface area contributed by atoms with Gasteiger partial charge in [0.1, 0.15) is 5.75 Å². The Morgan fingerprint density at radius 1 is 1.29 bits per heavy atom. The highest BCUT2D eigenvalue weighted by Gasteiger charge is 2.21. The zero-order valence-corrected chi connectivity index (χ0v) is 14.3. The Kier molecular flexibility index (Phi) is 6.11. The first kappa shape index (κ1) is 18.2. The van der Waals surface area contributed by atoms with Crippen molar-refractivity contribution in [2.75, 3.05) is 45.1 Å². The fraction of sp³-hybridized carbons (Fsp3) is 0.444. The highest BCUT2D eigenvalue weighted by molar-refractivity contribution is 6.02. The molecule has 1 amide bonds. The molecule has 6 heteroatoms. The summed E-state index contributed by atoms with van der Waals surface area (Å²) in [6.07, 6.45) is 2.01. The number of phenols is 1. The summed E-state index contributed by atoms with van der Waals surface area (Å²) in [5, 5.41) is 13.2. The topological polar surface area (TPSA) is 72.9 Å². The van der Waals surface area contributed by atoms with Crippen molar-refractivity contribution in [3.63, 3.8) is 0 Å². The average Bonchev–Trinajstić information content (AvgIpc) is 2.52. The molecule has 2 N–H and O–H groups in total. The molecule has 24 heavy (non-hydrogen) atoms. The number of benzene rings is 1. The minimum atomic E-state index is -0.226. The number of nitrogens with one attached hydrogen (secondary N) is 1. The number of anilines is 1. The number of amides is 1. The van der Waals surface area contributed by atoms with Crippen LogP contribution in [0, 0.1) is 0 Å². The van der Waals surface area contributed by atoms with Crippen LogP contribution in [-0.4, -0.2) is 66.4 Å². The van der Waals surface area contributed by atoms with Crippen LogP contribution in [0.5, 0.6) is 5.75 Å². The van der Waals surface area contributed by atoms with Gasteiger partial charge in [0.2, 0.25) is 5.91 Å².